The molecule has 0 aliphatic rings. The van der Waals surface area contributed by atoms with E-state index in [1.807, 2.05) is 27.7 Å². The molecule has 0 aliphatic carbocycles. The third-order valence-corrected chi connectivity index (χ3v) is 3.58. The van der Waals surface area contributed by atoms with Crippen molar-refractivity contribution in [2.24, 2.45) is 11.8 Å². The average molecular weight is 316 g/mol. The lowest BCUT2D eigenvalue weighted by molar-refractivity contribution is -0.143. The molecule has 0 heterocycles. The standard InChI is InChI=1S/C16H32N2O4/c1-11(2)13(10-19)15(20)17-9-7-6-8-14(16(21)22-5)18-12(3)4/h11-14,18-19H,6-10H2,1-5H3,(H,17,20). The van der Waals surface area contributed by atoms with Gasteiger partial charge in [-0.15, -0.1) is 0 Å². The van der Waals surface area contributed by atoms with Crippen LogP contribution < -0.4 is 10.6 Å². The maximum Gasteiger partial charge on any atom is 0.322 e. The van der Waals surface area contributed by atoms with Gasteiger partial charge in [0.15, 0.2) is 0 Å². The average Bonchev–Trinajstić information content (AvgIpc) is 2.44. The predicted octanol–water partition coefficient (Wildman–Crippen LogP) is 1.08. The molecule has 0 radical (unpaired) electrons. The summed E-state index contributed by atoms with van der Waals surface area (Å²) >= 11 is 0. The molecule has 6 nitrogen and oxygen atoms in total. The Labute approximate surface area is 134 Å². The van der Waals surface area contributed by atoms with Crippen LogP contribution in [0.1, 0.15) is 47.0 Å². The normalized spacial score (nSPS) is 14.0. The minimum absolute atomic E-state index is 0.109. The van der Waals surface area contributed by atoms with Gasteiger partial charge in [0.25, 0.3) is 0 Å². The van der Waals surface area contributed by atoms with Crippen molar-refractivity contribution in [1.29, 1.82) is 0 Å². The molecule has 0 aromatic rings. The Morgan fingerprint density at radius 3 is 2.23 bits per heavy atom. The van der Waals surface area contributed by atoms with E-state index in [1.165, 1.54) is 7.11 Å². The molecular formula is C16H32N2O4. The number of unbranched alkanes of at least 4 members (excludes halogenated alkanes) is 1. The highest BCUT2D eigenvalue weighted by Crippen LogP contribution is 2.10. The van der Waals surface area contributed by atoms with Gasteiger partial charge in [0.2, 0.25) is 5.91 Å². The van der Waals surface area contributed by atoms with E-state index in [1.54, 1.807) is 0 Å². The van der Waals surface area contributed by atoms with Gasteiger partial charge in [-0.3, -0.25) is 9.59 Å². The lowest BCUT2D eigenvalue weighted by Gasteiger charge is -2.19. The summed E-state index contributed by atoms with van der Waals surface area (Å²) < 4.78 is 4.78. The van der Waals surface area contributed by atoms with E-state index in [9.17, 15) is 14.7 Å². The van der Waals surface area contributed by atoms with Gasteiger partial charge in [-0.25, -0.2) is 0 Å². The molecule has 2 atom stereocenters. The van der Waals surface area contributed by atoms with E-state index in [2.05, 4.69) is 10.6 Å². The quantitative estimate of drug-likeness (QED) is 0.392. The maximum atomic E-state index is 11.9. The van der Waals surface area contributed by atoms with Crippen molar-refractivity contribution in [3.05, 3.63) is 0 Å². The second kappa shape index (κ2) is 11.4. The van der Waals surface area contributed by atoms with Gasteiger partial charge in [0.05, 0.1) is 19.6 Å². The molecule has 2 unspecified atom stereocenters. The third-order valence-electron chi connectivity index (χ3n) is 3.58. The van der Waals surface area contributed by atoms with Crippen molar-refractivity contribution in [3.63, 3.8) is 0 Å². The van der Waals surface area contributed by atoms with Crippen molar-refractivity contribution in [2.45, 2.75) is 59.0 Å². The summed E-state index contributed by atoms with van der Waals surface area (Å²) in [4.78, 5) is 23.5. The molecule has 1 amide bonds. The van der Waals surface area contributed by atoms with Crippen LogP contribution in [0.3, 0.4) is 0 Å². The molecule has 0 saturated carbocycles. The molecule has 3 N–H and O–H groups in total. The van der Waals surface area contributed by atoms with Gasteiger partial charge >= 0.3 is 5.97 Å². The van der Waals surface area contributed by atoms with Crippen LogP contribution in [0.2, 0.25) is 0 Å². The number of hydrogen-bond acceptors (Lipinski definition) is 5. The summed E-state index contributed by atoms with van der Waals surface area (Å²) in [5, 5.41) is 15.2. The summed E-state index contributed by atoms with van der Waals surface area (Å²) in [7, 11) is 1.39. The molecular weight excluding hydrogens is 284 g/mol. The molecule has 0 saturated heterocycles. The van der Waals surface area contributed by atoms with Crippen LogP contribution in [0.5, 0.6) is 0 Å². The van der Waals surface area contributed by atoms with Crippen LogP contribution in [-0.4, -0.2) is 49.3 Å². The number of aliphatic hydroxyl groups is 1. The molecule has 0 aliphatic heterocycles. The molecule has 0 aromatic heterocycles. The Hall–Kier alpha value is -1.14. The number of carbonyl (C=O) groups is 2. The number of hydrogen-bond donors (Lipinski definition) is 3. The van der Waals surface area contributed by atoms with Gasteiger partial charge in [-0.05, 0) is 25.2 Å². The zero-order chi connectivity index (χ0) is 17.1. The van der Waals surface area contributed by atoms with Gasteiger partial charge in [0.1, 0.15) is 6.04 Å². The summed E-state index contributed by atoms with van der Waals surface area (Å²) in [6.07, 6.45) is 2.27. The molecule has 0 bridgehead atoms. The topological polar surface area (TPSA) is 87.7 Å². The van der Waals surface area contributed by atoms with E-state index >= 15 is 0 Å². The first-order chi connectivity index (χ1) is 10.3. The predicted molar refractivity (Wildman–Crippen MR) is 86.4 cm³/mol. The fourth-order valence-corrected chi connectivity index (χ4v) is 2.23. The minimum Gasteiger partial charge on any atom is -0.468 e. The van der Waals surface area contributed by atoms with Crippen molar-refractivity contribution < 1.29 is 19.4 Å². The van der Waals surface area contributed by atoms with Gasteiger partial charge in [-0.2, -0.15) is 0 Å². The minimum atomic E-state index is -0.356. The Balaban J connectivity index is 4.04. The van der Waals surface area contributed by atoms with Crippen LogP contribution in [0.4, 0.5) is 0 Å². The number of aliphatic hydroxyl groups excluding tert-OH is 1. The summed E-state index contributed by atoms with van der Waals surface area (Å²) in [5.41, 5.74) is 0. The summed E-state index contributed by atoms with van der Waals surface area (Å²) in [6, 6.07) is -0.0956. The number of amides is 1. The Bertz CT molecular complexity index is 332. The van der Waals surface area contributed by atoms with Crippen LogP contribution in [-0.2, 0) is 14.3 Å². The van der Waals surface area contributed by atoms with E-state index in [0.29, 0.717) is 13.0 Å². The smallest absolute Gasteiger partial charge is 0.322 e. The highest BCUT2D eigenvalue weighted by Gasteiger charge is 2.21. The number of carbonyl (C=O) groups excluding carboxylic acids is 2. The second-order valence-electron chi connectivity index (χ2n) is 6.22. The van der Waals surface area contributed by atoms with Gasteiger partial charge in [0, 0.05) is 12.6 Å². The Kier molecular flexibility index (Phi) is 10.8. The molecule has 0 rings (SSSR count). The number of rotatable bonds is 11. The van der Waals surface area contributed by atoms with Crippen molar-refractivity contribution >= 4 is 11.9 Å². The van der Waals surface area contributed by atoms with Crippen molar-refractivity contribution in [2.75, 3.05) is 20.3 Å². The highest BCUT2D eigenvalue weighted by atomic mass is 16.5. The van der Waals surface area contributed by atoms with Crippen LogP contribution in [0.25, 0.3) is 0 Å². The zero-order valence-electron chi connectivity index (χ0n) is 14.5. The summed E-state index contributed by atoms with van der Waals surface area (Å²) in [5.74, 6) is -0.602. The lowest BCUT2D eigenvalue weighted by Crippen LogP contribution is -2.41. The number of esters is 1. The van der Waals surface area contributed by atoms with Gasteiger partial charge < -0.3 is 20.5 Å². The van der Waals surface area contributed by atoms with E-state index in [-0.39, 0.29) is 42.4 Å². The largest absolute Gasteiger partial charge is 0.468 e. The van der Waals surface area contributed by atoms with Crippen LogP contribution in [0.15, 0.2) is 0 Å². The van der Waals surface area contributed by atoms with Crippen molar-refractivity contribution in [3.8, 4) is 0 Å². The second-order valence-corrected chi connectivity index (χ2v) is 6.22. The lowest BCUT2D eigenvalue weighted by atomic mass is 9.96. The van der Waals surface area contributed by atoms with Crippen LogP contribution >= 0.6 is 0 Å². The molecule has 0 aromatic carbocycles. The molecule has 22 heavy (non-hydrogen) atoms. The summed E-state index contributed by atoms with van der Waals surface area (Å²) in [6.45, 7) is 8.22. The fourth-order valence-electron chi connectivity index (χ4n) is 2.23. The van der Waals surface area contributed by atoms with Crippen LogP contribution in [0, 0.1) is 11.8 Å². The first kappa shape index (κ1) is 20.9. The van der Waals surface area contributed by atoms with E-state index < -0.39 is 0 Å². The third kappa shape index (κ3) is 8.34. The maximum absolute atomic E-state index is 11.9. The number of ether oxygens (including phenoxy) is 1. The zero-order valence-corrected chi connectivity index (χ0v) is 14.5. The SMILES string of the molecule is COC(=O)C(CCCCNC(=O)C(CO)C(C)C)NC(C)C. The first-order valence-corrected chi connectivity index (χ1v) is 8.05. The molecule has 6 heteroatoms. The van der Waals surface area contributed by atoms with E-state index in [0.717, 1.165) is 12.8 Å². The number of methoxy groups -OCH3 is 1. The monoisotopic (exact) mass is 316 g/mol. The Morgan fingerprint density at radius 2 is 1.77 bits per heavy atom. The first-order valence-electron chi connectivity index (χ1n) is 8.05. The molecule has 0 spiro atoms. The van der Waals surface area contributed by atoms with Crippen molar-refractivity contribution in [1.82, 2.24) is 10.6 Å². The molecule has 130 valence electrons. The highest BCUT2D eigenvalue weighted by molar-refractivity contribution is 5.79. The Morgan fingerprint density at radius 1 is 1.14 bits per heavy atom. The van der Waals surface area contributed by atoms with Gasteiger partial charge in [-0.1, -0.05) is 27.7 Å². The number of nitrogens with one attached hydrogen (secondary N) is 2. The fraction of sp³-hybridized carbons (Fsp3) is 0.875. The molecule has 0 fully saturated rings. The van der Waals surface area contributed by atoms with E-state index in [4.69, 9.17) is 4.74 Å².